The lowest BCUT2D eigenvalue weighted by Crippen LogP contribution is -2.96. The summed E-state index contributed by atoms with van der Waals surface area (Å²) in [4.78, 5) is 0. The third kappa shape index (κ3) is 3.86. The van der Waals surface area contributed by atoms with Gasteiger partial charge in [0.1, 0.15) is 22.7 Å². The topological polar surface area (TPSA) is 55.0 Å². The van der Waals surface area contributed by atoms with Crippen LogP contribution in [0.2, 0.25) is 0 Å². The molecule has 4 heteroatoms. The van der Waals surface area contributed by atoms with Crippen LogP contribution in [0.15, 0.2) is 109 Å². The number of quaternary nitrogens is 2. The maximum atomic E-state index is 12.5. The lowest BCUT2D eigenvalue weighted by molar-refractivity contribution is -0.698. The predicted molar refractivity (Wildman–Crippen MR) is 112 cm³/mol. The molecule has 0 amide bonds. The number of benzene rings is 4. The number of hydrogen-bond acceptors (Lipinski definition) is 2. The summed E-state index contributed by atoms with van der Waals surface area (Å²) in [5, 5.41) is 25.0. The van der Waals surface area contributed by atoms with Crippen LogP contribution in [0, 0.1) is 10.4 Å². The van der Waals surface area contributed by atoms with E-state index in [2.05, 4.69) is 0 Å². The number of nitrogens with one attached hydrogen (secondary N) is 2. The van der Waals surface area contributed by atoms with E-state index in [0.29, 0.717) is 22.7 Å². The maximum Gasteiger partial charge on any atom is 0.136 e. The highest BCUT2D eigenvalue weighted by molar-refractivity contribution is 5.66. The Balaban J connectivity index is 1.52. The van der Waals surface area contributed by atoms with Crippen molar-refractivity contribution < 1.29 is 10.1 Å². The van der Waals surface area contributed by atoms with Crippen molar-refractivity contribution in [3.63, 3.8) is 0 Å². The Labute approximate surface area is 164 Å². The molecule has 0 spiro atoms. The average Bonchev–Trinajstić information content (AvgIpc) is 2.79. The highest BCUT2D eigenvalue weighted by atomic mass is 16.5. The number of rotatable bonds is 5. The standard InChI is InChI=1S/C24H20N2O2/c27-25(21-7-3-1-4-8-21)23-15-11-19(12-16-23)20-13-17-24(18-14-20)26(28)22-9-5-2-6-10-22/h1-18,25-26H. The third-order valence-corrected chi connectivity index (χ3v) is 4.70. The molecule has 0 heterocycles. The van der Waals surface area contributed by atoms with Crippen molar-refractivity contribution >= 4 is 22.7 Å². The second-order valence-corrected chi connectivity index (χ2v) is 6.54. The molecule has 4 aromatic rings. The van der Waals surface area contributed by atoms with Crippen molar-refractivity contribution in [2.24, 2.45) is 0 Å². The highest BCUT2D eigenvalue weighted by Crippen LogP contribution is 2.22. The first kappa shape index (κ1) is 18.1. The molecule has 4 nitrogen and oxygen atoms in total. The molecule has 0 aliphatic heterocycles. The molecule has 2 unspecified atom stereocenters. The largest absolute Gasteiger partial charge is 0.623 e. The monoisotopic (exact) mass is 368 g/mol. The van der Waals surface area contributed by atoms with Gasteiger partial charge >= 0.3 is 0 Å². The van der Waals surface area contributed by atoms with E-state index in [-0.39, 0.29) is 10.1 Å². The third-order valence-electron chi connectivity index (χ3n) is 4.70. The zero-order valence-corrected chi connectivity index (χ0v) is 15.2. The van der Waals surface area contributed by atoms with Crippen molar-refractivity contribution in [3.05, 3.63) is 120 Å². The molecular formula is C24H20N2O2. The number of hydrogen-bond donors (Lipinski definition) is 2. The summed E-state index contributed by atoms with van der Waals surface area (Å²) in [5.41, 5.74) is 4.68. The first-order chi connectivity index (χ1) is 13.7. The van der Waals surface area contributed by atoms with E-state index < -0.39 is 0 Å². The van der Waals surface area contributed by atoms with E-state index in [0.717, 1.165) is 11.1 Å². The fraction of sp³-hybridized carbons (Fsp3) is 0. The van der Waals surface area contributed by atoms with Crippen molar-refractivity contribution in [3.8, 4) is 11.1 Å². The van der Waals surface area contributed by atoms with Gasteiger partial charge in [0.2, 0.25) is 0 Å². The summed E-state index contributed by atoms with van der Waals surface area (Å²) in [7, 11) is 0. The van der Waals surface area contributed by atoms with Gasteiger partial charge in [0.15, 0.2) is 0 Å². The molecule has 0 aliphatic carbocycles. The molecule has 0 radical (unpaired) electrons. The Morgan fingerprint density at radius 1 is 0.357 bits per heavy atom. The second kappa shape index (κ2) is 8.17. The van der Waals surface area contributed by atoms with Gasteiger partial charge in [-0.05, 0) is 59.7 Å². The van der Waals surface area contributed by atoms with Crippen LogP contribution in [0.25, 0.3) is 11.1 Å². The van der Waals surface area contributed by atoms with E-state index in [1.165, 1.54) is 0 Å². The van der Waals surface area contributed by atoms with Crippen LogP contribution >= 0.6 is 0 Å². The lowest BCUT2D eigenvalue weighted by atomic mass is 10.0. The quantitative estimate of drug-likeness (QED) is 0.522. The number of para-hydroxylation sites is 2. The van der Waals surface area contributed by atoms with Crippen LogP contribution in [0.5, 0.6) is 0 Å². The van der Waals surface area contributed by atoms with E-state index in [1.807, 2.05) is 109 Å². The summed E-state index contributed by atoms with van der Waals surface area (Å²) in [6.45, 7) is 0. The zero-order valence-electron chi connectivity index (χ0n) is 15.2. The van der Waals surface area contributed by atoms with Gasteiger partial charge < -0.3 is 20.5 Å². The smallest absolute Gasteiger partial charge is 0.136 e. The van der Waals surface area contributed by atoms with Crippen LogP contribution < -0.4 is 10.1 Å². The van der Waals surface area contributed by atoms with Crippen LogP contribution in [-0.2, 0) is 0 Å². The summed E-state index contributed by atoms with van der Waals surface area (Å²) in [6.07, 6.45) is 0. The van der Waals surface area contributed by atoms with Crippen molar-refractivity contribution in [1.29, 1.82) is 0 Å². The first-order valence-electron chi connectivity index (χ1n) is 9.12. The molecule has 0 bridgehead atoms. The van der Waals surface area contributed by atoms with Crippen LogP contribution in [-0.4, -0.2) is 0 Å². The minimum absolute atomic E-state index is 0.0101. The summed E-state index contributed by atoms with van der Waals surface area (Å²) < 4.78 is 0. The van der Waals surface area contributed by atoms with Gasteiger partial charge in [0, 0.05) is 24.3 Å². The Hall–Kier alpha value is -3.28. The highest BCUT2D eigenvalue weighted by Gasteiger charge is 2.09. The summed E-state index contributed by atoms with van der Waals surface area (Å²) >= 11 is 0. The van der Waals surface area contributed by atoms with Gasteiger partial charge in [-0.15, -0.1) is 0 Å². The molecule has 4 aromatic carbocycles. The minimum atomic E-state index is 0.0101. The molecule has 28 heavy (non-hydrogen) atoms. The molecule has 0 aliphatic rings. The average molecular weight is 368 g/mol. The summed E-state index contributed by atoms with van der Waals surface area (Å²) in [5.74, 6) is 0. The molecule has 138 valence electrons. The second-order valence-electron chi connectivity index (χ2n) is 6.54. The van der Waals surface area contributed by atoms with E-state index >= 15 is 0 Å². The van der Waals surface area contributed by atoms with Crippen LogP contribution in [0.4, 0.5) is 22.7 Å². The van der Waals surface area contributed by atoms with Crippen molar-refractivity contribution in [2.45, 2.75) is 0 Å². The Morgan fingerprint density at radius 2 is 0.643 bits per heavy atom. The molecule has 4 rings (SSSR count). The molecule has 0 fully saturated rings. The molecule has 0 aromatic heterocycles. The van der Waals surface area contributed by atoms with E-state index in [1.54, 1.807) is 0 Å². The molecule has 2 N–H and O–H groups in total. The van der Waals surface area contributed by atoms with Gasteiger partial charge in [-0.2, -0.15) is 0 Å². The molecule has 2 atom stereocenters. The molecule has 0 saturated heterocycles. The lowest BCUT2D eigenvalue weighted by Gasteiger charge is -2.22. The Bertz CT molecular complexity index is 931. The zero-order chi connectivity index (χ0) is 19.3. The summed E-state index contributed by atoms with van der Waals surface area (Å²) in [6, 6.07) is 33.6. The van der Waals surface area contributed by atoms with Gasteiger partial charge in [-0.25, -0.2) is 0 Å². The van der Waals surface area contributed by atoms with Crippen LogP contribution in [0.1, 0.15) is 0 Å². The van der Waals surface area contributed by atoms with E-state index in [4.69, 9.17) is 0 Å². The van der Waals surface area contributed by atoms with E-state index in [9.17, 15) is 10.4 Å². The van der Waals surface area contributed by atoms with Crippen molar-refractivity contribution in [2.75, 3.05) is 0 Å². The fourth-order valence-electron chi connectivity index (χ4n) is 3.14. The molecular weight excluding hydrogens is 348 g/mol. The fourth-order valence-corrected chi connectivity index (χ4v) is 3.14. The van der Waals surface area contributed by atoms with Gasteiger partial charge in [-0.1, -0.05) is 36.4 Å². The SMILES string of the molecule is [O-][NH+](c1ccccc1)c1ccc(-c2ccc([NH+]([O-])c3ccccc3)cc2)cc1. The molecule has 0 saturated carbocycles. The normalized spacial score (nSPS) is 13.1. The van der Waals surface area contributed by atoms with Gasteiger partial charge in [0.25, 0.3) is 0 Å². The Kier molecular flexibility index (Phi) is 5.28. The van der Waals surface area contributed by atoms with Crippen LogP contribution in [0.3, 0.4) is 0 Å². The predicted octanol–water partition coefficient (Wildman–Crippen LogP) is 4.05. The van der Waals surface area contributed by atoms with Gasteiger partial charge in [-0.3, -0.25) is 0 Å². The van der Waals surface area contributed by atoms with Gasteiger partial charge in [0.05, 0.1) is 0 Å². The first-order valence-corrected chi connectivity index (χ1v) is 9.12. The Morgan fingerprint density at radius 3 is 0.964 bits per heavy atom. The maximum absolute atomic E-state index is 12.5. The van der Waals surface area contributed by atoms with Crippen molar-refractivity contribution in [1.82, 2.24) is 0 Å². The minimum Gasteiger partial charge on any atom is -0.623 e.